The predicted molar refractivity (Wildman–Crippen MR) is 82.6 cm³/mol. The van der Waals surface area contributed by atoms with Gasteiger partial charge in [-0.3, -0.25) is 0 Å². The fourth-order valence-electron chi connectivity index (χ4n) is 2.35. The first kappa shape index (κ1) is 18.8. The Bertz CT molecular complexity index is 737. The molecule has 0 radical (unpaired) electrons. The van der Waals surface area contributed by atoms with Gasteiger partial charge >= 0.3 is 6.08 Å². The molecule has 1 aliphatic carbocycles. The first-order chi connectivity index (χ1) is 11.3. The van der Waals surface area contributed by atoms with Crippen molar-refractivity contribution in [2.75, 3.05) is 5.75 Å². The molecule has 0 spiro atoms. The lowest BCUT2D eigenvalue weighted by molar-refractivity contribution is -0.500. The lowest BCUT2D eigenvalue weighted by atomic mass is 9.96. The number of hydrogen-bond acceptors (Lipinski definition) is 6. The van der Waals surface area contributed by atoms with Gasteiger partial charge in [-0.2, -0.15) is 8.78 Å². The smallest absolute Gasteiger partial charge is 0.301 e. The number of allylic oxidation sites excluding steroid dienone is 1. The molecule has 24 heavy (non-hydrogen) atoms. The highest BCUT2D eigenvalue weighted by Crippen LogP contribution is 2.22. The Morgan fingerprint density at radius 1 is 1.25 bits per heavy atom. The van der Waals surface area contributed by atoms with E-state index in [1.165, 1.54) is 6.21 Å². The zero-order chi connectivity index (χ0) is 17.7. The Morgan fingerprint density at radius 3 is 2.54 bits per heavy atom. The molecule has 0 saturated heterocycles. The van der Waals surface area contributed by atoms with Crippen LogP contribution in [0.2, 0.25) is 0 Å². The third-order valence-corrected chi connectivity index (χ3v) is 6.68. The minimum atomic E-state index is -4.03. The van der Waals surface area contributed by atoms with Gasteiger partial charge in [0.05, 0.1) is 5.75 Å². The maximum absolute atomic E-state index is 12.7. The third-order valence-electron chi connectivity index (χ3n) is 3.66. The van der Waals surface area contributed by atoms with Gasteiger partial charge in [0.1, 0.15) is 0 Å². The van der Waals surface area contributed by atoms with Crippen molar-refractivity contribution in [3.8, 4) is 0 Å². The minimum absolute atomic E-state index is 0.113. The molecule has 1 heterocycles. The molecule has 0 atom stereocenters. The van der Waals surface area contributed by atoms with Crippen molar-refractivity contribution in [3.63, 3.8) is 0 Å². The summed E-state index contributed by atoms with van der Waals surface area (Å²) in [4.78, 5) is 0. The minimum Gasteiger partial charge on any atom is -0.624 e. The maximum Gasteiger partial charge on any atom is 0.301 e. The number of aromatic nitrogens is 2. The van der Waals surface area contributed by atoms with Gasteiger partial charge < -0.3 is 5.21 Å². The summed E-state index contributed by atoms with van der Waals surface area (Å²) in [5.74, 6) is -2.60. The largest absolute Gasteiger partial charge is 0.624 e. The van der Waals surface area contributed by atoms with Gasteiger partial charge in [-0.25, -0.2) is 17.5 Å². The lowest BCUT2D eigenvalue weighted by Gasteiger charge is -2.20. The molecule has 0 unspecified atom stereocenters. The number of hydrogen-bond donors (Lipinski definition) is 0. The average molecular weight is 383 g/mol. The summed E-state index contributed by atoms with van der Waals surface area (Å²) in [5.41, 5.74) is 0. The van der Waals surface area contributed by atoms with E-state index in [-0.39, 0.29) is 11.0 Å². The van der Waals surface area contributed by atoms with E-state index in [1.807, 2.05) is 0 Å². The monoisotopic (exact) mass is 383 g/mol. The number of rotatable bonds is 6. The standard InChI is InChI=1S/C13H16F3N3O3S2/c14-10(12(15)16)6-7-24(21,22)13-18-17-11(23-13)8-19(20)9-4-2-1-3-5-9/h8-9H,1-7H2/b19-8-. The summed E-state index contributed by atoms with van der Waals surface area (Å²) in [6.07, 6.45) is 2.29. The Kier molecular flexibility index (Phi) is 6.33. The molecular formula is C13H16F3N3O3S2. The lowest BCUT2D eigenvalue weighted by Crippen LogP contribution is -2.25. The molecule has 1 fully saturated rings. The molecule has 1 aromatic rings. The van der Waals surface area contributed by atoms with Crippen LogP contribution in [-0.4, -0.2) is 41.4 Å². The normalized spacial score (nSPS) is 17.0. The van der Waals surface area contributed by atoms with Crippen LogP contribution in [0.5, 0.6) is 0 Å². The molecule has 1 aromatic heterocycles. The van der Waals surface area contributed by atoms with Gasteiger partial charge in [0.2, 0.25) is 25.4 Å². The van der Waals surface area contributed by atoms with Gasteiger partial charge in [-0.1, -0.05) is 17.8 Å². The molecule has 0 amide bonds. The quantitative estimate of drug-likeness (QED) is 0.326. The van der Waals surface area contributed by atoms with Crippen LogP contribution in [0, 0.1) is 5.21 Å². The number of hydroxylamine groups is 1. The van der Waals surface area contributed by atoms with Crippen LogP contribution in [0.3, 0.4) is 0 Å². The van der Waals surface area contributed by atoms with Gasteiger partial charge in [0.15, 0.2) is 11.9 Å². The fraction of sp³-hybridized carbons (Fsp3) is 0.615. The zero-order valence-corrected chi connectivity index (χ0v) is 14.3. The van der Waals surface area contributed by atoms with Crippen LogP contribution in [0.1, 0.15) is 43.5 Å². The first-order valence-corrected chi connectivity index (χ1v) is 9.83. The molecule has 134 valence electrons. The van der Waals surface area contributed by atoms with Gasteiger partial charge in [0, 0.05) is 19.3 Å². The van der Waals surface area contributed by atoms with Crippen LogP contribution in [0.25, 0.3) is 0 Å². The van der Waals surface area contributed by atoms with Crippen molar-refractivity contribution >= 4 is 27.4 Å². The molecule has 0 aromatic carbocycles. The maximum atomic E-state index is 12.7. The Balaban J connectivity index is 2.07. The van der Waals surface area contributed by atoms with Gasteiger partial charge in [0.25, 0.3) is 0 Å². The molecular weight excluding hydrogens is 367 g/mol. The van der Waals surface area contributed by atoms with E-state index in [1.54, 1.807) is 0 Å². The van der Waals surface area contributed by atoms with E-state index >= 15 is 0 Å². The van der Waals surface area contributed by atoms with Crippen molar-refractivity contribution in [2.45, 2.75) is 48.9 Å². The van der Waals surface area contributed by atoms with Gasteiger partial charge in [-0.15, -0.1) is 10.2 Å². The summed E-state index contributed by atoms with van der Waals surface area (Å²) >= 11 is 0.659. The van der Waals surface area contributed by atoms with E-state index in [4.69, 9.17) is 0 Å². The zero-order valence-electron chi connectivity index (χ0n) is 12.6. The molecule has 0 aliphatic heterocycles. The van der Waals surface area contributed by atoms with Crippen molar-refractivity contribution in [3.05, 3.63) is 22.1 Å². The van der Waals surface area contributed by atoms with E-state index in [0.717, 1.165) is 36.8 Å². The summed E-state index contributed by atoms with van der Waals surface area (Å²) in [5, 5.41) is 19.2. The fourth-order valence-corrected chi connectivity index (χ4v) is 4.65. The first-order valence-electron chi connectivity index (χ1n) is 7.36. The Hall–Kier alpha value is -1.49. The third kappa shape index (κ3) is 5.00. The molecule has 11 heteroatoms. The SMILES string of the molecule is O=S(=O)(CCC(F)=C(F)F)c1nnc(/C=[N+](\[O-])C2CCCCC2)s1. The van der Waals surface area contributed by atoms with Crippen LogP contribution in [0.15, 0.2) is 16.2 Å². The highest BCUT2D eigenvalue weighted by Gasteiger charge is 2.24. The van der Waals surface area contributed by atoms with Gasteiger partial charge in [-0.05, 0) is 12.8 Å². The van der Waals surface area contributed by atoms with Crippen LogP contribution >= 0.6 is 11.3 Å². The number of sulfone groups is 1. The van der Waals surface area contributed by atoms with E-state index < -0.39 is 38.3 Å². The van der Waals surface area contributed by atoms with Crippen molar-refractivity contribution in [1.29, 1.82) is 0 Å². The highest BCUT2D eigenvalue weighted by atomic mass is 32.2. The van der Waals surface area contributed by atoms with E-state index in [2.05, 4.69) is 10.2 Å². The summed E-state index contributed by atoms with van der Waals surface area (Å²) in [6.45, 7) is 0. The number of nitrogens with zero attached hydrogens (tertiary/aromatic N) is 3. The summed E-state index contributed by atoms with van der Waals surface area (Å²) < 4.78 is 60.9. The Morgan fingerprint density at radius 2 is 1.92 bits per heavy atom. The second-order valence-electron chi connectivity index (χ2n) is 5.42. The van der Waals surface area contributed by atoms with Crippen LogP contribution < -0.4 is 0 Å². The summed E-state index contributed by atoms with van der Waals surface area (Å²) in [7, 11) is -4.03. The molecule has 1 saturated carbocycles. The van der Waals surface area contributed by atoms with E-state index in [9.17, 15) is 26.8 Å². The highest BCUT2D eigenvalue weighted by molar-refractivity contribution is 7.93. The summed E-state index contributed by atoms with van der Waals surface area (Å²) in [6, 6.07) is -0.158. The predicted octanol–water partition coefficient (Wildman–Crippen LogP) is 3.04. The molecule has 1 aliphatic rings. The van der Waals surface area contributed by atoms with Crippen molar-refractivity contribution in [1.82, 2.24) is 10.2 Å². The molecule has 2 rings (SSSR count). The molecule has 6 nitrogen and oxygen atoms in total. The molecule has 0 bridgehead atoms. The average Bonchev–Trinajstić information content (AvgIpc) is 3.02. The Labute approximate surface area is 141 Å². The molecule has 0 N–H and O–H groups in total. The van der Waals surface area contributed by atoms with Crippen molar-refractivity contribution in [2.24, 2.45) is 0 Å². The number of halogens is 3. The topological polar surface area (TPSA) is 86.0 Å². The van der Waals surface area contributed by atoms with Crippen LogP contribution in [-0.2, 0) is 9.84 Å². The second kappa shape index (κ2) is 8.06. The second-order valence-corrected chi connectivity index (χ2v) is 8.71. The van der Waals surface area contributed by atoms with Crippen LogP contribution in [0.4, 0.5) is 13.2 Å². The van der Waals surface area contributed by atoms with E-state index in [0.29, 0.717) is 11.3 Å². The van der Waals surface area contributed by atoms with Crippen molar-refractivity contribution < 1.29 is 26.3 Å².